The molecular formula is C18H18N4O3. The fourth-order valence-corrected chi connectivity index (χ4v) is 2.38. The van der Waals surface area contributed by atoms with Gasteiger partial charge in [0.1, 0.15) is 12.7 Å². The summed E-state index contributed by atoms with van der Waals surface area (Å²) in [5, 5.41) is 6.94. The van der Waals surface area contributed by atoms with Crippen molar-refractivity contribution in [3.8, 4) is 17.2 Å². The zero-order chi connectivity index (χ0) is 17.6. The van der Waals surface area contributed by atoms with E-state index in [2.05, 4.69) is 15.4 Å². The molecule has 0 aliphatic heterocycles. The average molecular weight is 338 g/mol. The number of aromatic nitrogens is 3. The molecule has 0 fully saturated rings. The molecule has 1 N–H and O–H groups in total. The van der Waals surface area contributed by atoms with E-state index in [9.17, 15) is 4.79 Å². The largest absolute Gasteiger partial charge is 0.493 e. The third kappa shape index (κ3) is 3.77. The van der Waals surface area contributed by atoms with Gasteiger partial charge in [-0.1, -0.05) is 6.07 Å². The molecule has 0 unspecified atom stereocenters. The summed E-state index contributed by atoms with van der Waals surface area (Å²) in [4.78, 5) is 16.2. The Kier molecular flexibility index (Phi) is 4.94. The maximum atomic E-state index is 12.3. The summed E-state index contributed by atoms with van der Waals surface area (Å²) in [6.07, 6.45) is 3.07. The van der Waals surface area contributed by atoms with E-state index in [-0.39, 0.29) is 5.91 Å². The van der Waals surface area contributed by atoms with Crippen molar-refractivity contribution in [2.45, 2.75) is 6.54 Å². The zero-order valence-corrected chi connectivity index (χ0v) is 14.0. The van der Waals surface area contributed by atoms with Crippen LogP contribution in [0, 0.1) is 0 Å². The molecule has 0 bridgehead atoms. The van der Waals surface area contributed by atoms with Crippen molar-refractivity contribution >= 4 is 5.91 Å². The van der Waals surface area contributed by atoms with E-state index in [1.807, 2.05) is 30.3 Å². The lowest BCUT2D eigenvalue weighted by Gasteiger charge is -2.10. The molecular weight excluding hydrogens is 320 g/mol. The molecule has 1 amide bonds. The van der Waals surface area contributed by atoms with Crippen LogP contribution in [0.1, 0.15) is 15.9 Å². The van der Waals surface area contributed by atoms with Gasteiger partial charge in [0.05, 0.1) is 19.9 Å². The maximum Gasteiger partial charge on any atom is 0.251 e. The Hall–Kier alpha value is -3.35. The van der Waals surface area contributed by atoms with Crippen molar-refractivity contribution in [3.63, 3.8) is 0 Å². The number of hydrogen-bond donors (Lipinski definition) is 1. The van der Waals surface area contributed by atoms with E-state index in [0.717, 1.165) is 11.3 Å². The summed E-state index contributed by atoms with van der Waals surface area (Å²) < 4.78 is 12.1. The predicted octanol–water partition coefficient (Wildman–Crippen LogP) is 2.21. The van der Waals surface area contributed by atoms with Crippen LogP contribution in [0.2, 0.25) is 0 Å². The molecule has 0 spiro atoms. The van der Waals surface area contributed by atoms with Crippen LogP contribution in [0.15, 0.2) is 55.1 Å². The molecule has 25 heavy (non-hydrogen) atoms. The number of amides is 1. The van der Waals surface area contributed by atoms with Crippen LogP contribution in [-0.4, -0.2) is 34.9 Å². The number of nitrogens with zero attached hydrogens (tertiary/aromatic N) is 3. The van der Waals surface area contributed by atoms with Crippen molar-refractivity contribution in [2.24, 2.45) is 0 Å². The van der Waals surface area contributed by atoms with Crippen molar-refractivity contribution in [1.82, 2.24) is 20.1 Å². The van der Waals surface area contributed by atoms with Crippen LogP contribution in [0.5, 0.6) is 11.5 Å². The predicted molar refractivity (Wildman–Crippen MR) is 92.1 cm³/mol. The number of ether oxygens (including phenoxy) is 2. The number of hydrogen-bond acceptors (Lipinski definition) is 5. The topological polar surface area (TPSA) is 78.3 Å². The second kappa shape index (κ2) is 7.48. The van der Waals surface area contributed by atoms with E-state index in [0.29, 0.717) is 23.6 Å². The normalized spacial score (nSPS) is 10.3. The van der Waals surface area contributed by atoms with Crippen molar-refractivity contribution in [2.75, 3.05) is 14.2 Å². The molecule has 0 saturated carbocycles. The Balaban J connectivity index is 1.64. The lowest BCUT2D eigenvalue weighted by Crippen LogP contribution is -2.22. The first-order valence-electron chi connectivity index (χ1n) is 7.65. The van der Waals surface area contributed by atoms with Crippen LogP contribution >= 0.6 is 0 Å². The van der Waals surface area contributed by atoms with E-state index in [1.165, 1.54) is 6.33 Å². The lowest BCUT2D eigenvalue weighted by molar-refractivity contribution is 0.0951. The maximum absolute atomic E-state index is 12.3. The summed E-state index contributed by atoms with van der Waals surface area (Å²) in [7, 11) is 3.17. The molecule has 3 rings (SSSR count). The Bertz CT molecular complexity index is 845. The first-order chi connectivity index (χ1) is 12.2. The fraction of sp³-hybridized carbons (Fsp3) is 0.167. The number of rotatable bonds is 6. The third-order valence-electron chi connectivity index (χ3n) is 3.71. The SMILES string of the molecule is COc1ccc(CNC(=O)c2ccc(-n3cncn3)cc2)cc1OC. The third-order valence-corrected chi connectivity index (χ3v) is 3.71. The first-order valence-corrected chi connectivity index (χ1v) is 7.65. The molecule has 3 aromatic rings. The second-order valence-corrected chi connectivity index (χ2v) is 5.26. The summed E-state index contributed by atoms with van der Waals surface area (Å²) in [5.74, 6) is 1.13. The molecule has 0 radical (unpaired) electrons. The van der Waals surface area contributed by atoms with Gasteiger partial charge in [0.25, 0.3) is 5.91 Å². The van der Waals surface area contributed by atoms with Gasteiger partial charge in [0.15, 0.2) is 11.5 Å². The number of carbonyl (C=O) groups is 1. The highest BCUT2D eigenvalue weighted by Gasteiger charge is 2.08. The fourth-order valence-electron chi connectivity index (χ4n) is 2.38. The molecule has 0 aliphatic rings. The molecule has 0 atom stereocenters. The van der Waals surface area contributed by atoms with Crippen LogP contribution in [0.25, 0.3) is 5.69 Å². The number of methoxy groups -OCH3 is 2. The highest BCUT2D eigenvalue weighted by molar-refractivity contribution is 5.94. The second-order valence-electron chi connectivity index (χ2n) is 5.26. The van der Waals surface area contributed by atoms with Gasteiger partial charge >= 0.3 is 0 Å². The molecule has 0 aliphatic carbocycles. The van der Waals surface area contributed by atoms with Crippen LogP contribution in [0.3, 0.4) is 0 Å². The number of carbonyl (C=O) groups excluding carboxylic acids is 1. The number of benzene rings is 2. The van der Waals surface area contributed by atoms with Gasteiger partial charge in [-0.15, -0.1) is 0 Å². The molecule has 1 aromatic heterocycles. The molecule has 2 aromatic carbocycles. The van der Waals surface area contributed by atoms with Crippen LogP contribution < -0.4 is 14.8 Å². The Morgan fingerprint density at radius 2 is 1.84 bits per heavy atom. The monoisotopic (exact) mass is 338 g/mol. The summed E-state index contributed by atoms with van der Waals surface area (Å²) in [6.45, 7) is 0.393. The van der Waals surface area contributed by atoms with E-state index in [4.69, 9.17) is 9.47 Å². The highest BCUT2D eigenvalue weighted by Crippen LogP contribution is 2.27. The minimum Gasteiger partial charge on any atom is -0.493 e. The lowest BCUT2D eigenvalue weighted by atomic mass is 10.1. The zero-order valence-electron chi connectivity index (χ0n) is 14.0. The van der Waals surface area contributed by atoms with Crippen molar-refractivity contribution < 1.29 is 14.3 Å². The number of nitrogens with one attached hydrogen (secondary N) is 1. The van der Waals surface area contributed by atoms with Crippen LogP contribution in [-0.2, 0) is 6.54 Å². The van der Waals surface area contributed by atoms with Gasteiger partial charge in [-0.05, 0) is 42.0 Å². The minimum atomic E-state index is -0.153. The van der Waals surface area contributed by atoms with Gasteiger partial charge in [-0.25, -0.2) is 9.67 Å². The van der Waals surface area contributed by atoms with Gasteiger partial charge in [0.2, 0.25) is 0 Å². The van der Waals surface area contributed by atoms with E-state index >= 15 is 0 Å². The smallest absolute Gasteiger partial charge is 0.251 e. The minimum absolute atomic E-state index is 0.153. The molecule has 7 nitrogen and oxygen atoms in total. The van der Waals surface area contributed by atoms with Gasteiger partial charge in [-0.2, -0.15) is 5.10 Å². The summed E-state index contributed by atoms with van der Waals surface area (Å²) in [6, 6.07) is 12.7. The van der Waals surface area contributed by atoms with Crippen molar-refractivity contribution in [3.05, 3.63) is 66.2 Å². The molecule has 128 valence electrons. The molecule has 1 heterocycles. The Morgan fingerprint density at radius 1 is 1.08 bits per heavy atom. The van der Waals surface area contributed by atoms with Gasteiger partial charge < -0.3 is 14.8 Å². The van der Waals surface area contributed by atoms with E-state index in [1.54, 1.807) is 37.4 Å². The Labute approximate surface area is 145 Å². The van der Waals surface area contributed by atoms with Gasteiger partial charge in [0, 0.05) is 12.1 Å². The van der Waals surface area contributed by atoms with Crippen LogP contribution in [0.4, 0.5) is 0 Å². The first kappa shape index (κ1) is 16.5. The van der Waals surface area contributed by atoms with Crippen molar-refractivity contribution in [1.29, 1.82) is 0 Å². The molecule has 0 saturated heterocycles. The summed E-state index contributed by atoms with van der Waals surface area (Å²) in [5.41, 5.74) is 2.34. The Morgan fingerprint density at radius 3 is 2.48 bits per heavy atom. The van der Waals surface area contributed by atoms with Gasteiger partial charge in [-0.3, -0.25) is 4.79 Å². The molecule has 7 heteroatoms. The van der Waals surface area contributed by atoms with E-state index < -0.39 is 0 Å². The summed E-state index contributed by atoms with van der Waals surface area (Å²) >= 11 is 0. The highest BCUT2D eigenvalue weighted by atomic mass is 16.5. The standard InChI is InChI=1S/C18H18N4O3/c1-24-16-8-3-13(9-17(16)25-2)10-20-18(23)14-4-6-15(7-5-14)22-12-19-11-21-22/h3-9,11-12H,10H2,1-2H3,(H,20,23). The quantitative estimate of drug-likeness (QED) is 0.745. The average Bonchev–Trinajstić information content (AvgIpc) is 3.20.